The molecule has 0 aromatic carbocycles. The Morgan fingerprint density at radius 1 is 1.36 bits per heavy atom. The molecule has 0 saturated carbocycles. The number of aromatic nitrogens is 3. The number of nitrogens with zero attached hydrogens (tertiary/aromatic N) is 2. The van der Waals surface area contributed by atoms with Crippen LogP contribution in [0.1, 0.15) is 10.4 Å². The van der Waals surface area contributed by atoms with Gasteiger partial charge in [0.25, 0.3) is 0 Å². The summed E-state index contributed by atoms with van der Waals surface area (Å²) >= 11 is 0. The summed E-state index contributed by atoms with van der Waals surface area (Å²) in [5.74, 6) is -0.443. The fraction of sp³-hybridized carbons (Fsp3) is 0.333. The first kappa shape index (κ1) is 17.4. The number of hydrogen-bond donors (Lipinski definition) is 2. The maximum Gasteiger partial charge on any atom is 0.250 e. The number of pyridine rings is 1. The van der Waals surface area contributed by atoms with Gasteiger partial charge in [-0.1, -0.05) is 19.6 Å². The molecule has 0 aliphatic heterocycles. The summed E-state index contributed by atoms with van der Waals surface area (Å²) in [6, 6.07) is 6.83. The van der Waals surface area contributed by atoms with Crippen molar-refractivity contribution in [3.63, 3.8) is 0 Å². The molecule has 0 aliphatic carbocycles. The number of carbonyl (C=O) groups is 1. The first-order chi connectivity index (χ1) is 11.8. The molecule has 25 heavy (non-hydrogen) atoms. The largest absolute Gasteiger partial charge is 0.366 e. The minimum atomic E-state index is -1.13. The molecule has 0 spiro atoms. The van der Waals surface area contributed by atoms with Crippen molar-refractivity contribution in [2.24, 2.45) is 5.73 Å². The second-order valence-corrected chi connectivity index (χ2v) is 13.0. The molecule has 0 atom stereocenters. The number of carbonyl (C=O) groups excluding carboxylic acids is 1. The third kappa shape index (κ3) is 4.00. The highest BCUT2D eigenvalue weighted by molar-refractivity contribution is 6.76. The molecule has 0 bridgehead atoms. The molecule has 1 amide bonds. The lowest BCUT2D eigenvalue weighted by molar-refractivity contribution is 0.0882. The van der Waals surface area contributed by atoms with Crippen LogP contribution in [0.25, 0.3) is 22.3 Å². The lowest BCUT2D eigenvalue weighted by Gasteiger charge is -2.16. The van der Waals surface area contributed by atoms with E-state index in [9.17, 15) is 4.79 Å². The zero-order chi connectivity index (χ0) is 18.0. The molecule has 0 unspecified atom stereocenters. The maximum absolute atomic E-state index is 11.6. The van der Waals surface area contributed by atoms with E-state index in [1.807, 2.05) is 29.0 Å². The topological polar surface area (TPSA) is 85.9 Å². The predicted molar refractivity (Wildman–Crippen MR) is 102 cm³/mol. The first-order valence-corrected chi connectivity index (χ1v) is 12.1. The molecule has 0 aliphatic rings. The standard InChI is InChI=1S/C18H24N4O2Si/c1-25(2,3)9-8-24-12-22-11-13(17(19)23)10-16(22)14-4-6-20-18-15(14)5-7-21-18/h4-7,10-11H,8-9,12H2,1-3H3,(H2,19,23)(H,20,21). The van der Waals surface area contributed by atoms with Crippen molar-refractivity contribution < 1.29 is 9.53 Å². The third-order valence-electron chi connectivity index (χ3n) is 4.14. The second kappa shape index (κ2) is 6.85. The van der Waals surface area contributed by atoms with Gasteiger partial charge in [-0.3, -0.25) is 4.79 Å². The number of ether oxygens (including phenoxy) is 1. The molecule has 7 heteroatoms. The van der Waals surface area contributed by atoms with Gasteiger partial charge in [0.1, 0.15) is 12.4 Å². The van der Waals surface area contributed by atoms with Gasteiger partial charge in [0, 0.05) is 44.2 Å². The highest BCUT2D eigenvalue weighted by Gasteiger charge is 2.16. The van der Waals surface area contributed by atoms with E-state index in [0.717, 1.165) is 34.9 Å². The lowest BCUT2D eigenvalue weighted by atomic mass is 10.1. The van der Waals surface area contributed by atoms with E-state index in [4.69, 9.17) is 10.5 Å². The lowest BCUT2D eigenvalue weighted by Crippen LogP contribution is -2.22. The van der Waals surface area contributed by atoms with Crippen LogP contribution in [0.4, 0.5) is 0 Å². The molecule has 3 aromatic heterocycles. The summed E-state index contributed by atoms with van der Waals surface area (Å²) < 4.78 is 7.80. The third-order valence-corrected chi connectivity index (χ3v) is 5.85. The molecule has 132 valence electrons. The molecule has 3 aromatic rings. The molecule has 0 fully saturated rings. The van der Waals surface area contributed by atoms with Crippen molar-refractivity contribution >= 4 is 25.0 Å². The van der Waals surface area contributed by atoms with E-state index in [1.54, 1.807) is 12.4 Å². The van der Waals surface area contributed by atoms with Crippen LogP contribution in [0.2, 0.25) is 25.7 Å². The van der Waals surface area contributed by atoms with E-state index < -0.39 is 14.0 Å². The van der Waals surface area contributed by atoms with Gasteiger partial charge in [-0.25, -0.2) is 4.98 Å². The van der Waals surface area contributed by atoms with E-state index in [-0.39, 0.29) is 0 Å². The van der Waals surface area contributed by atoms with Gasteiger partial charge < -0.3 is 20.0 Å². The van der Waals surface area contributed by atoms with E-state index in [2.05, 4.69) is 29.6 Å². The molecule has 0 radical (unpaired) electrons. The summed E-state index contributed by atoms with van der Waals surface area (Å²) in [5.41, 5.74) is 8.65. The number of H-pyrrole nitrogens is 1. The minimum absolute atomic E-state index is 0.390. The van der Waals surface area contributed by atoms with E-state index >= 15 is 0 Å². The van der Waals surface area contributed by atoms with Gasteiger partial charge in [-0.05, 0) is 24.2 Å². The van der Waals surface area contributed by atoms with Crippen LogP contribution in [-0.2, 0) is 11.5 Å². The number of nitrogens with one attached hydrogen (secondary N) is 1. The quantitative estimate of drug-likeness (QED) is 0.502. The average molecular weight is 357 g/mol. The van der Waals surface area contributed by atoms with Crippen LogP contribution in [-0.4, -0.2) is 35.1 Å². The van der Waals surface area contributed by atoms with Crippen molar-refractivity contribution in [2.75, 3.05) is 6.61 Å². The first-order valence-electron chi connectivity index (χ1n) is 8.35. The zero-order valence-electron chi connectivity index (χ0n) is 14.9. The molecule has 3 N–H and O–H groups in total. The number of nitrogens with two attached hydrogens (primary N) is 1. The maximum atomic E-state index is 11.6. The molecular formula is C18H24N4O2Si. The molecule has 3 heterocycles. The van der Waals surface area contributed by atoms with Crippen LogP contribution in [0, 0.1) is 0 Å². The van der Waals surface area contributed by atoms with Gasteiger partial charge in [-0.15, -0.1) is 0 Å². The van der Waals surface area contributed by atoms with Gasteiger partial charge in [-0.2, -0.15) is 0 Å². The minimum Gasteiger partial charge on any atom is -0.366 e. The van der Waals surface area contributed by atoms with Crippen LogP contribution >= 0.6 is 0 Å². The Morgan fingerprint density at radius 3 is 2.88 bits per heavy atom. The van der Waals surface area contributed by atoms with Gasteiger partial charge in [0.2, 0.25) is 5.91 Å². The summed E-state index contributed by atoms with van der Waals surface area (Å²) in [6.45, 7) is 8.07. The number of rotatable bonds is 7. The summed E-state index contributed by atoms with van der Waals surface area (Å²) in [5, 5.41) is 1.000. The Labute approximate surface area is 148 Å². The van der Waals surface area contributed by atoms with Crippen LogP contribution in [0.3, 0.4) is 0 Å². The highest BCUT2D eigenvalue weighted by atomic mass is 28.3. The number of amides is 1. The fourth-order valence-corrected chi connectivity index (χ4v) is 3.46. The fourth-order valence-electron chi connectivity index (χ4n) is 2.70. The Morgan fingerprint density at radius 2 is 2.16 bits per heavy atom. The Kier molecular flexibility index (Phi) is 4.78. The van der Waals surface area contributed by atoms with Gasteiger partial charge in [0.05, 0.1) is 11.3 Å². The highest BCUT2D eigenvalue weighted by Crippen LogP contribution is 2.29. The number of primary amides is 1. The predicted octanol–water partition coefficient (Wildman–Crippen LogP) is 3.44. The normalized spacial score (nSPS) is 12.0. The summed E-state index contributed by atoms with van der Waals surface area (Å²) in [4.78, 5) is 19.1. The molecule has 0 saturated heterocycles. The van der Waals surface area contributed by atoms with E-state index in [0.29, 0.717) is 12.3 Å². The molecular weight excluding hydrogens is 332 g/mol. The Bertz CT molecular complexity index is 892. The van der Waals surface area contributed by atoms with Crippen molar-refractivity contribution in [1.29, 1.82) is 0 Å². The van der Waals surface area contributed by atoms with Gasteiger partial charge in [0.15, 0.2) is 0 Å². The van der Waals surface area contributed by atoms with Crippen LogP contribution in [0.5, 0.6) is 0 Å². The van der Waals surface area contributed by atoms with Crippen molar-refractivity contribution in [2.45, 2.75) is 32.4 Å². The van der Waals surface area contributed by atoms with Gasteiger partial charge >= 0.3 is 0 Å². The number of aromatic amines is 1. The Balaban J connectivity index is 1.90. The Hall–Kier alpha value is -2.38. The smallest absolute Gasteiger partial charge is 0.250 e. The van der Waals surface area contributed by atoms with Crippen LogP contribution in [0.15, 0.2) is 36.8 Å². The van der Waals surface area contributed by atoms with Crippen molar-refractivity contribution in [3.8, 4) is 11.3 Å². The molecule has 6 nitrogen and oxygen atoms in total. The zero-order valence-corrected chi connectivity index (χ0v) is 15.9. The number of hydrogen-bond acceptors (Lipinski definition) is 3. The van der Waals surface area contributed by atoms with Crippen molar-refractivity contribution in [1.82, 2.24) is 14.5 Å². The summed E-state index contributed by atoms with van der Waals surface area (Å²) in [7, 11) is -1.13. The number of fused-ring (bicyclic) bond motifs is 1. The van der Waals surface area contributed by atoms with Crippen LogP contribution < -0.4 is 5.73 Å². The average Bonchev–Trinajstić information content (AvgIpc) is 3.17. The molecule has 3 rings (SSSR count). The van der Waals surface area contributed by atoms with Crippen molar-refractivity contribution in [3.05, 3.63) is 42.4 Å². The SMILES string of the molecule is C[Si](C)(C)CCOCn1cc(C(N)=O)cc1-c1ccnc2[nH]ccc12. The van der Waals surface area contributed by atoms with E-state index in [1.165, 1.54) is 0 Å². The summed E-state index contributed by atoms with van der Waals surface area (Å²) in [6.07, 6.45) is 5.36. The second-order valence-electron chi connectivity index (χ2n) is 7.39. The monoisotopic (exact) mass is 356 g/mol.